The van der Waals surface area contributed by atoms with E-state index in [0.717, 1.165) is 22.7 Å². The largest absolute Gasteiger partial charge is 0.477 e. The molecule has 8 heteroatoms. The third-order valence-electron chi connectivity index (χ3n) is 3.89. The average molecular weight is 402 g/mol. The minimum Gasteiger partial charge on any atom is -0.477 e. The van der Waals surface area contributed by atoms with E-state index >= 15 is 0 Å². The fourth-order valence-corrected chi connectivity index (χ4v) is 4.53. The van der Waals surface area contributed by atoms with E-state index < -0.39 is 16.0 Å². The molecule has 0 aliphatic rings. The molecule has 1 aromatic heterocycles. The Hall–Kier alpha value is -2.71. The van der Waals surface area contributed by atoms with Gasteiger partial charge in [-0.25, -0.2) is 13.2 Å². The van der Waals surface area contributed by atoms with Gasteiger partial charge in [-0.05, 0) is 42.8 Å². The average Bonchev–Trinajstić information content (AvgIpc) is 3.14. The second-order valence-corrected chi connectivity index (χ2v) is 8.95. The molecule has 0 bridgehead atoms. The zero-order valence-electron chi connectivity index (χ0n) is 14.4. The number of thioether (sulfide) groups is 1. The van der Waals surface area contributed by atoms with Crippen molar-refractivity contribution in [2.45, 2.75) is 22.0 Å². The number of anilines is 1. The smallest absolute Gasteiger partial charge is 0.352 e. The van der Waals surface area contributed by atoms with E-state index in [2.05, 4.69) is 16.6 Å². The summed E-state index contributed by atoms with van der Waals surface area (Å²) in [6, 6.07) is 18.3. The number of carboxylic acids is 1. The number of H-pyrrole nitrogens is 1. The number of sulfonamides is 1. The first-order valence-corrected chi connectivity index (χ1v) is 10.5. The molecule has 6 nitrogen and oxygen atoms in total. The molecule has 2 aromatic carbocycles. The summed E-state index contributed by atoms with van der Waals surface area (Å²) < 4.78 is 27.2. The summed E-state index contributed by atoms with van der Waals surface area (Å²) >= 11 is 1.72. The van der Waals surface area contributed by atoms with Crippen LogP contribution >= 0.6 is 11.8 Å². The number of hydrogen-bond donors (Lipinski definition) is 3. The predicted octanol–water partition coefficient (Wildman–Crippen LogP) is 4.37. The zero-order valence-corrected chi connectivity index (χ0v) is 16.0. The monoisotopic (exact) mass is 402 g/mol. The van der Waals surface area contributed by atoms with Gasteiger partial charge in [-0.15, -0.1) is 11.8 Å². The molecule has 0 amide bonds. The maximum Gasteiger partial charge on any atom is 0.352 e. The van der Waals surface area contributed by atoms with Crippen LogP contribution in [0.15, 0.2) is 76.7 Å². The summed E-state index contributed by atoms with van der Waals surface area (Å²) in [5.41, 5.74) is 1.30. The van der Waals surface area contributed by atoms with Gasteiger partial charge in [0, 0.05) is 22.0 Å². The van der Waals surface area contributed by atoms with E-state index in [1.165, 1.54) is 0 Å². The van der Waals surface area contributed by atoms with Crippen molar-refractivity contribution in [3.05, 3.63) is 78.1 Å². The first kappa shape index (κ1) is 19.1. The number of benzene rings is 2. The number of carboxylic acid groups (broad SMARTS) is 1. The number of rotatable bonds is 7. The Balaban J connectivity index is 1.70. The van der Waals surface area contributed by atoms with Crippen LogP contribution in [0.25, 0.3) is 0 Å². The topological polar surface area (TPSA) is 99.3 Å². The van der Waals surface area contributed by atoms with E-state index in [1.54, 1.807) is 23.9 Å². The van der Waals surface area contributed by atoms with Gasteiger partial charge in [0.2, 0.25) is 0 Å². The molecule has 0 fully saturated rings. The van der Waals surface area contributed by atoms with Crippen molar-refractivity contribution in [3.63, 3.8) is 0 Å². The van der Waals surface area contributed by atoms with Crippen molar-refractivity contribution < 1.29 is 18.3 Å². The summed E-state index contributed by atoms with van der Waals surface area (Å²) in [6.07, 6.45) is 1.15. The van der Waals surface area contributed by atoms with Crippen LogP contribution in [0.4, 0.5) is 5.69 Å². The van der Waals surface area contributed by atoms with E-state index in [4.69, 9.17) is 5.11 Å². The molecule has 0 aliphatic heterocycles. The summed E-state index contributed by atoms with van der Waals surface area (Å²) in [5.74, 6) is -1.22. The fraction of sp³-hybridized carbons (Fsp3) is 0.105. The highest BCUT2D eigenvalue weighted by Gasteiger charge is 2.18. The first-order valence-electron chi connectivity index (χ1n) is 8.11. The lowest BCUT2D eigenvalue weighted by atomic mass is 10.1. The standard InChI is InChI=1S/C19H18N2O4S2/c1-13(26-16-5-3-2-4-6-16)14-7-9-15(10-8-14)21-27(24,25)17-11-18(19(22)23)20-12-17/h2-13,20-21H,1H3,(H,22,23). The Morgan fingerprint density at radius 3 is 2.37 bits per heavy atom. The molecule has 1 heterocycles. The maximum absolute atomic E-state index is 12.4. The van der Waals surface area contributed by atoms with Gasteiger partial charge in [0.15, 0.2) is 0 Å². The molecule has 27 heavy (non-hydrogen) atoms. The van der Waals surface area contributed by atoms with Crippen LogP contribution in [0.1, 0.15) is 28.2 Å². The highest BCUT2D eigenvalue weighted by Crippen LogP contribution is 2.35. The van der Waals surface area contributed by atoms with Crippen molar-refractivity contribution in [3.8, 4) is 0 Å². The molecule has 1 atom stereocenters. The maximum atomic E-state index is 12.4. The van der Waals surface area contributed by atoms with Crippen molar-refractivity contribution in [1.82, 2.24) is 4.98 Å². The third kappa shape index (κ3) is 4.72. The molecule has 0 saturated heterocycles. The first-order chi connectivity index (χ1) is 12.8. The number of hydrogen-bond acceptors (Lipinski definition) is 4. The van der Waals surface area contributed by atoms with Crippen LogP contribution in [0.5, 0.6) is 0 Å². The minimum atomic E-state index is -3.86. The second kappa shape index (κ2) is 7.89. The molecule has 0 spiro atoms. The lowest BCUT2D eigenvalue weighted by Crippen LogP contribution is -2.12. The van der Waals surface area contributed by atoms with E-state index in [0.29, 0.717) is 5.69 Å². The van der Waals surface area contributed by atoms with Gasteiger partial charge in [-0.1, -0.05) is 30.3 Å². The lowest BCUT2D eigenvalue weighted by Gasteiger charge is -2.13. The Morgan fingerprint density at radius 1 is 1.11 bits per heavy atom. The van der Waals surface area contributed by atoms with Crippen LogP contribution < -0.4 is 4.72 Å². The van der Waals surface area contributed by atoms with Crippen molar-refractivity contribution in [1.29, 1.82) is 0 Å². The molecular formula is C19H18N2O4S2. The normalized spacial score (nSPS) is 12.5. The van der Waals surface area contributed by atoms with Gasteiger partial charge in [0.25, 0.3) is 10.0 Å². The van der Waals surface area contributed by atoms with Crippen LogP contribution in [0.2, 0.25) is 0 Å². The highest BCUT2D eigenvalue weighted by molar-refractivity contribution is 7.99. The Labute approximate surface area is 161 Å². The van der Waals surface area contributed by atoms with Gasteiger partial charge in [-0.3, -0.25) is 4.72 Å². The van der Waals surface area contributed by atoms with Crippen molar-refractivity contribution >= 4 is 33.4 Å². The van der Waals surface area contributed by atoms with Crippen molar-refractivity contribution in [2.24, 2.45) is 0 Å². The summed E-state index contributed by atoms with van der Waals surface area (Å²) in [7, 11) is -3.86. The summed E-state index contributed by atoms with van der Waals surface area (Å²) in [4.78, 5) is 14.3. The van der Waals surface area contributed by atoms with Crippen molar-refractivity contribution in [2.75, 3.05) is 4.72 Å². The number of carbonyl (C=O) groups is 1. The van der Waals surface area contributed by atoms with Gasteiger partial charge in [0.05, 0.1) is 0 Å². The Bertz CT molecular complexity index is 1030. The zero-order chi connectivity index (χ0) is 19.4. The minimum absolute atomic E-state index is 0.128. The van der Waals surface area contributed by atoms with Crippen LogP contribution in [0.3, 0.4) is 0 Å². The van der Waals surface area contributed by atoms with E-state index in [1.807, 2.05) is 42.5 Å². The number of aromatic nitrogens is 1. The molecule has 1 unspecified atom stereocenters. The molecule has 0 radical (unpaired) electrons. The Kier molecular flexibility index (Phi) is 5.57. The van der Waals surface area contributed by atoms with Gasteiger partial charge in [0.1, 0.15) is 10.6 Å². The van der Waals surface area contributed by atoms with Gasteiger partial charge < -0.3 is 10.1 Å². The van der Waals surface area contributed by atoms with E-state index in [-0.39, 0.29) is 15.8 Å². The van der Waals surface area contributed by atoms with Crippen LogP contribution in [0, 0.1) is 0 Å². The second-order valence-electron chi connectivity index (χ2n) is 5.85. The van der Waals surface area contributed by atoms with E-state index in [9.17, 15) is 13.2 Å². The SMILES string of the molecule is CC(Sc1ccccc1)c1ccc(NS(=O)(=O)c2c[nH]c(C(=O)O)c2)cc1. The molecule has 0 saturated carbocycles. The number of aromatic carboxylic acids is 1. The van der Waals surface area contributed by atoms with Gasteiger partial charge >= 0.3 is 5.97 Å². The number of nitrogens with one attached hydrogen (secondary N) is 2. The quantitative estimate of drug-likeness (QED) is 0.510. The highest BCUT2D eigenvalue weighted by atomic mass is 32.2. The fourth-order valence-electron chi connectivity index (χ4n) is 2.46. The van der Waals surface area contributed by atoms with Crippen LogP contribution in [-0.4, -0.2) is 24.5 Å². The van der Waals surface area contributed by atoms with Crippen LogP contribution in [-0.2, 0) is 10.0 Å². The molecule has 3 N–H and O–H groups in total. The lowest BCUT2D eigenvalue weighted by molar-refractivity contribution is 0.0691. The molecular weight excluding hydrogens is 384 g/mol. The summed E-state index contributed by atoms with van der Waals surface area (Å²) in [5, 5.41) is 9.10. The summed E-state index contributed by atoms with van der Waals surface area (Å²) in [6.45, 7) is 2.09. The molecule has 3 aromatic rings. The third-order valence-corrected chi connectivity index (χ3v) is 6.42. The molecule has 3 rings (SSSR count). The predicted molar refractivity (Wildman–Crippen MR) is 106 cm³/mol. The van der Waals surface area contributed by atoms with Gasteiger partial charge in [-0.2, -0.15) is 0 Å². The molecule has 0 aliphatic carbocycles. The number of aromatic amines is 1. The Morgan fingerprint density at radius 2 is 1.78 bits per heavy atom. The molecule has 140 valence electrons.